The molecule has 51 heavy (non-hydrogen) atoms. The molecule has 2 atom stereocenters. The number of aliphatic imine (C=N–C) groups is 1. The lowest BCUT2D eigenvalue weighted by atomic mass is 9.96. The number of hydrogen-bond donors (Lipinski definition) is 0. The van der Waals surface area contributed by atoms with Gasteiger partial charge in [0.05, 0.1) is 26.1 Å². The van der Waals surface area contributed by atoms with Crippen LogP contribution >= 0.6 is 22.7 Å². The second-order valence-corrected chi connectivity index (χ2v) is 16.6. The number of imidazole rings is 2. The number of carbonyl (C=O) groups excluding carboxylic acids is 1. The van der Waals surface area contributed by atoms with Crippen molar-refractivity contribution in [1.82, 2.24) is 34.0 Å². The van der Waals surface area contributed by atoms with Gasteiger partial charge in [-0.05, 0) is 81.7 Å². The molecule has 2 aromatic carbocycles. The highest BCUT2D eigenvalue weighted by molar-refractivity contribution is 7.22. The van der Waals surface area contributed by atoms with Crippen molar-refractivity contribution in [3.05, 3.63) is 78.4 Å². The molecular weight excluding hydrogens is 677 g/mol. The number of thiazole rings is 2. The number of fused-ring (bicyclic) bond motifs is 2. The first-order chi connectivity index (χ1) is 24.4. The molecule has 0 bridgehead atoms. The minimum absolute atomic E-state index is 0.303. The first-order valence-electron chi connectivity index (χ1n) is 17.4. The third kappa shape index (κ3) is 7.67. The molecule has 12 heteroatoms. The van der Waals surface area contributed by atoms with E-state index in [0.29, 0.717) is 18.4 Å². The van der Waals surface area contributed by atoms with Gasteiger partial charge in [-0.2, -0.15) is 0 Å². The summed E-state index contributed by atoms with van der Waals surface area (Å²) in [5.74, 6) is 2.88. The lowest BCUT2D eigenvalue weighted by Gasteiger charge is -2.33. The molecule has 0 radical (unpaired) electrons. The lowest BCUT2D eigenvalue weighted by molar-refractivity contribution is 0.0327. The molecule has 8 rings (SSSR count). The molecular formula is C39H44N8O2S2. The summed E-state index contributed by atoms with van der Waals surface area (Å²) < 4.78 is 11.9. The van der Waals surface area contributed by atoms with E-state index in [1.54, 1.807) is 33.8 Å². The van der Waals surface area contributed by atoms with E-state index in [1.807, 2.05) is 62.6 Å². The van der Waals surface area contributed by atoms with E-state index in [0.717, 1.165) is 68.0 Å². The highest BCUT2D eigenvalue weighted by Gasteiger charge is 2.29. The van der Waals surface area contributed by atoms with Gasteiger partial charge in [-0.25, -0.2) is 24.7 Å². The average Bonchev–Trinajstić information content (AvgIpc) is 3.90. The number of nitrogens with zero attached hydrogens (tertiary/aromatic N) is 8. The molecule has 0 spiro atoms. The normalized spacial score (nSPS) is 18.0. The lowest BCUT2D eigenvalue weighted by Crippen LogP contribution is -2.39. The van der Waals surface area contributed by atoms with Crippen LogP contribution in [0.2, 0.25) is 0 Å². The Morgan fingerprint density at radius 2 is 1.43 bits per heavy atom. The quantitative estimate of drug-likeness (QED) is 0.180. The smallest absolute Gasteiger partial charge is 0.414 e. The number of allylic oxidation sites excluding steroid dienone is 1. The van der Waals surface area contributed by atoms with E-state index >= 15 is 0 Å². The SMILES string of the molecule is C[C@H]1CC=C(c2ccc3sc(-c4nccn4C)nc3c2)N(C(=O)OC(C)(C)C)C1.C[C@H]1CCC(c2ccc3sc(-c4nccn4C)nc3c2)=NC1. The van der Waals surface area contributed by atoms with Gasteiger partial charge in [0.2, 0.25) is 0 Å². The third-order valence-corrected chi connectivity index (χ3v) is 11.1. The minimum atomic E-state index is -0.529. The van der Waals surface area contributed by atoms with Gasteiger partial charge in [0.25, 0.3) is 0 Å². The maximum absolute atomic E-state index is 12.8. The van der Waals surface area contributed by atoms with Gasteiger partial charge in [-0.1, -0.05) is 32.1 Å². The van der Waals surface area contributed by atoms with Crippen molar-refractivity contribution in [2.75, 3.05) is 13.1 Å². The number of aromatic nitrogens is 6. The maximum Gasteiger partial charge on any atom is 0.414 e. The highest BCUT2D eigenvalue weighted by Crippen LogP contribution is 2.35. The van der Waals surface area contributed by atoms with E-state index in [-0.39, 0.29) is 6.09 Å². The zero-order valence-electron chi connectivity index (χ0n) is 30.3. The number of amides is 1. The van der Waals surface area contributed by atoms with Crippen molar-refractivity contribution in [1.29, 1.82) is 0 Å². The number of hydrogen-bond acceptors (Lipinski definition) is 9. The molecule has 0 saturated carbocycles. The van der Waals surface area contributed by atoms with Crippen molar-refractivity contribution >= 4 is 60.6 Å². The van der Waals surface area contributed by atoms with Crippen LogP contribution in [0.25, 0.3) is 47.8 Å². The van der Waals surface area contributed by atoms with Crippen LogP contribution < -0.4 is 0 Å². The molecule has 4 aromatic heterocycles. The summed E-state index contributed by atoms with van der Waals surface area (Å²) in [6.45, 7) is 11.7. The third-order valence-electron chi connectivity index (χ3n) is 9.01. The molecule has 0 N–H and O–H groups in total. The molecule has 10 nitrogen and oxygen atoms in total. The van der Waals surface area contributed by atoms with Crippen LogP contribution in [0.5, 0.6) is 0 Å². The molecule has 0 aliphatic carbocycles. The number of benzene rings is 2. The van der Waals surface area contributed by atoms with Crippen molar-refractivity contribution in [3.8, 4) is 21.7 Å². The summed E-state index contributed by atoms with van der Waals surface area (Å²) in [4.78, 5) is 37.7. The minimum Gasteiger partial charge on any atom is -0.443 e. The van der Waals surface area contributed by atoms with Gasteiger partial charge < -0.3 is 13.9 Å². The van der Waals surface area contributed by atoms with Gasteiger partial charge in [0.1, 0.15) is 5.60 Å². The van der Waals surface area contributed by atoms with Crippen molar-refractivity contribution < 1.29 is 9.53 Å². The Morgan fingerprint density at radius 3 is 1.96 bits per heavy atom. The molecule has 6 aromatic rings. The Hall–Kier alpha value is -4.68. The number of aryl methyl sites for hydroxylation is 2. The molecule has 264 valence electrons. The monoisotopic (exact) mass is 720 g/mol. The Kier molecular flexibility index (Phi) is 9.64. The van der Waals surface area contributed by atoms with Gasteiger partial charge in [-0.15, -0.1) is 22.7 Å². The van der Waals surface area contributed by atoms with E-state index in [1.165, 1.54) is 22.4 Å². The van der Waals surface area contributed by atoms with E-state index in [2.05, 4.69) is 66.3 Å². The fraction of sp³-hybridized carbons (Fsp3) is 0.385. The predicted molar refractivity (Wildman–Crippen MR) is 208 cm³/mol. The van der Waals surface area contributed by atoms with E-state index < -0.39 is 5.60 Å². The van der Waals surface area contributed by atoms with Crippen LogP contribution in [0.15, 0.2) is 72.3 Å². The van der Waals surface area contributed by atoms with Gasteiger partial charge in [0, 0.05) is 63.2 Å². The summed E-state index contributed by atoms with van der Waals surface area (Å²) >= 11 is 3.31. The summed E-state index contributed by atoms with van der Waals surface area (Å²) in [5.41, 5.74) is 5.75. The summed E-state index contributed by atoms with van der Waals surface area (Å²) in [5, 5.41) is 1.86. The Balaban J connectivity index is 0.000000165. The van der Waals surface area contributed by atoms with Crippen molar-refractivity contribution in [2.24, 2.45) is 30.9 Å². The van der Waals surface area contributed by atoms with Crippen molar-refractivity contribution in [2.45, 2.75) is 59.5 Å². The van der Waals surface area contributed by atoms with Crippen LogP contribution in [0, 0.1) is 11.8 Å². The second kappa shape index (κ2) is 14.1. The summed E-state index contributed by atoms with van der Waals surface area (Å²) in [7, 11) is 3.96. The molecule has 0 unspecified atom stereocenters. The summed E-state index contributed by atoms with van der Waals surface area (Å²) in [6.07, 6.45) is 12.5. The number of ether oxygens (including phenoxy) is 1. The average molecular weight is 721 g/mol. The summed E-state index contributed by atoms with van der Waals surface area (Å²) in [6, 6.07) is 12.7. The van der Waals surface area contributed by atoms with Crippen LogP contribution in [0.3, 0.4) is 0 Å². The van der Waals surface area contributed by atoms with Gasteiger partial charge in [0.15, 0.2) is 21.7 Å². The van der Waals surface area contributed by atoms with E-state index in [4.69, 9.17) is 19.7 Å². The molecule has 2 aliphatic rings. The molecule has 6 heterocycles. The molecule has 1 amide bonds. The second-order valence-electron chi connectivity index (χ2n) is 14.6. The van der Waals surface area contributed by atoms with Gasteiger partial charge >= 0.3 is 6.09 Å². The first-order valence-corrected chi connectivity index (χ1v) is 19.1. The van der Waals surface area contributed by atoms with Crippen molar-refractivity contribution in [3.63, 3.8) is 0 Å². The van der Waals surface area contributed by atoms with Crippen LogP contribution in [-0.4, -0.2) is 64.5 Å². The maximum atomic E-state index is 12.8. The Labute approximate surface area is 306 Å². The fourth-order valence-electron chi connectivity index (χ4n) is 6.25. The molecule has 2 aliphatic heterocycles. The highest BCUT2D eigenvalue weighted by atomic mass is 32.1. The zero-order chi connectivity index (χ0) is 35.9. The zero-order valence-corrected chi connectivity index (χ0v) is 31.9. The number of rotatable bonds is 4. The fourth-order valence-corrected chi connectivity index (χ4v) is 8.23. The topological polar surface area (TPSA) is 103 Å². The van der Waals surface area contributed by atoms with Crippen LogP contribution in [0.1, 0.15) is 65.0 Å². The first kappa shape index (κ1) is 34.8. The number of carbonyl (C=O) groups is 1. The van der Waals surface area contributed by atoms with Crippen LogP contribution in [-0.2, 0) is 18.8 Å². The van der Waals surface area contributed by atoms with Gasteiger partial charge in [-0.3, -0.25) is 9.89 Å². The largest absolute Gasteiger partial charge is 0.443 e. The van der Waals surface area contributed by atoms with Crippen LogP contribution in [0.4, 0.5) is 4.79 Å². The standard InChI is InChI=1S/C22H26N4O2S.C17H18N4S/c1-14-6-8-17(26(13-14)21(27)28-22(2,3)4)15-7-9-18-16(12-15)24-20(29-18)19-23-10-11-25(19)5;1-11-3-5-13(19-10-11)12-4-6-15-14(9-12)20-17(22-15)16-18-7-8-21(16)2/h7-12,14H,6,13H2,1-5H3;4,6-9,11H,3,5,10H2,1-2H3/t14-;11-/m00/s1. The van der Waals surface area contributed by atoms with E-state index in [9.17, 15) is 4.79 Å². The molecule has 0 fully saturated rings. The predicted octanol–water partition coefficient (Wildman–Crippen LogP) is 9.23. The molecule has 0 saturated heterocycles. The Morgan fingerprint density at radius 1 is 0.843 bits per heavy atom. The Bertz CT molecular complexity index is 2270.